The number of aromatic nitrogens is 2. The average molecular weight is 270 g/mol. The van der Waals surface area contributed by atoms with Crippen LogP contribution in [0, 0.1) is 0 Å². The van der Waals surface area contributed by atoms with Gasteiger partial charge in [0.2, 0.25) is 5.95 Å². The second-order valence-electron chi connectivity index (χ2n) is 4.51. The number of hydrogen-bond donors (Lipinski definition) is 1. The van der Waals surface area contributed by atoms with E-state index in [0.29, 0.717) is 0 Å². The van der Waals surface area contributed by atoms with Crippen LogP contribution in [0.3, 0.4) is 0 Å². The van der Waals surface area contributed by atoms with Crippen LogP contribution < -0.4 is 10.2 Å². The molecular weight excluding hydrogens is 248 g/mol. The molecule has 0 saturated heterocycles. The summed E-state index contributed by atoms with van der Waals surface area (Å²) in [6.45, 7) is 8.97. The molecule has 20 heavy (non-hydrogen) atoms. The van der Waals surface area contributed by atoms with Crippen LogP contribution in [0.2, 0.25) is 0 Å². The average Bonchev–Trinajstić information content (AvgIpc) is 2.50. The fourth-order valence-electron chi connectivity index (χ4n) is 2.11. The van der Waals surface area contributed by atoms with Crippen molar-refractivity contribution >= 4 is 11.8 Å². The van der Waals surface area contributed by atoms with Crippen molar-refractivity contribution in [2.24, 2.45) is 0 Å². The molecule has 0 saturated carbocycles. The van der Waals surface area contributed by atoms with Crippen LogP contribution in [0.25, 0.3) is 11.3 Å². The quantitative estimate of drug-likeness (QED) is 0.873. The minimum absolute atomic E-state index is 0.785. The van der Waals surface area contributed by atoms with Crippen molar-refractivity contribution in [2.75, 3.05) is 29.9 Å². The van der Waals surface area contributed by atoms with Crippen LogP contribution in [0.15, 0.2) is 36.4 Å². The molecule has 4 heteroatoms. The van der Waals surface area contributed by atoms with Crippen LogP contribution in [0.4, 0.5) is 11.8 Å². The first-order valence-electron chi connectivity index (χ1n) is 7.21. The highest BCUT2D eigenvalue weighted by Gasteiger charge is 2.10. The standard InChI is InChI=1S/C16H22N4/c1-4-17-15-12-14(13-10-8-7-9-11-13)18-16(19-15)20(5-2)6-3/h7-12H,4-6H2,1-3H3,(H,17,18,19). The van der Waals surface area contributed by atoms with Gasteiger partial charge in [-0.2, -0.15) is 4.98 Å². The van der Waals surface area contributed by atoms with Gasteiger partial charge in [-0.3, -0.25) is 0 Å². The van der Waals surface area contributed by atoms with Gasteiger partial charge in [-0.05, 0) is 20.8 Å². The van der Waals surface area contributed by atoms with E-state index >= 15 is 0 Å². The third-order valence-corrected chi connectivity index (χ3v) is 3.19. The summed E-state index contributed by atoms with van der Waals surface area (Å²) >= 11 is 0. The minimum Gasteiger partial charge on any atom is -0.370 e. The minimum atomic E-state index is 0.785. The Bertz CT molecular complexity index is 535. The smallest absolute Gasteiger partial charge is 0.227 e. The van der Waals surface area contributed by atoms with Crippen LogP contribution >= 0.6 is 0 Å². The molecule has 0 aliphatic rings. The largest absolute Gasteiger partial charge is 0.370 e. The van der Waals surface area contributed by atoms with E-state index in [-0.39, 0.29) is 0 Å². The van der Waals surface area contributed by atoms with E-state index < -0.39 is 0 Å². The molecule has 0 aliphatic heterocycles. The molecule has 0 unspecified atom stereocenters. The lowest BCUT2D eigenvalue weighted by Gasteiger charge is -2.20. The van der Waals surface area contributed by atoms with E-state index in [4.69, 9.17) is 4.98 Å². The lowest BCUT2D eigenvalue weighted by molar-refractivity contribution is 0.822. The van der Waals surface area contributed by atoms with Gasteiger partial charge in [0.15, 0.2) is 0 Å². The fourth-order valence-corrected chi connectivity index (χ4v) is 2.11. The molecule has 0 atom stereocenters. The summed E-state index contributed by atoms with van der Waals surface area (Å²) in [6, 6.07) is 12.2. The lowest BCUT2D eigenvalue weighted by Crippen LogP contribution is -2.24. The molecule has 1 N–H and O–H groups in total. The maximum atomic E-state index is 4.70. The van der Waals surface area contributed by atoms with Gasteiger partial charge in [-0.1, -0.05) is 30.3 Å². The zero-order valence-electron chi connectivity index (χ0n) is 12.4. The second-order valence-corrected chi connectivity index (χ2v) is 4.51. The SMILES string of the molecule is CCNc1cc(-c2ccccc2)nc(N(CC)CC)n1. The zero-order valence-corrected chi connectivity index (χ0v) is 12.4. The number of nitrogens with zero attached hydrogens (tertiary/aromatic N) is 3. The van der Waals surface area contributed by atoms with Crippen LogP contribution in [0.1, 0.15) is 20.8 Å². The first-order chi connectivity index (χ1) is 9.78. The Hall–Kier alpha value is -2.10. The normalized spacial score (nSPS) is 10.3. The van der Waals surface area contributed by atoms with Gasteiger partial charge in [-0.25, -0.2) is 4.98 Å². The highest BCUT2D eigenvalue weighted by Crippen LogP contribution is 2.22. The molecule has 2 rings (SSSR count). The molecule has 0 aliphatic carbocycles. The predicted octanol–water partition coefficient (Wildman–Crippen LogP) is 3.42. The summed E-state index contributed by atoms with van der Waals surface area (Å²) in [7, 11) is 0. The van der Waals surface area contributed by atoms with Crippen molar-refractivity contribution in [2.45, 2.75) is 20.8 Å². The summed E-state index contributed by atoms with van der Waals surface area (Å²) in [5.74, 6) is 1.66. The van der Waals surface area contributed by atoms with Crippen molar-refractivity contribution in [1.82, 2.24) is 9.97 Å². The molecule has 1 heterocycles. The molecular formula is C16H22N4. The van der Waals surface area contributed by atoms with Crippen LogP contribution in [-0.4, -0.2) is 29.6 Å². The molecule has 1 aromatic carbocycles. The Kier molecular flexibility index (Phi) is 4.93. The number of benzene rings is 1. The summed E-state index contributed by atoms with van der Waals surface area (Å²) in [4.78, 5) is 11.5. The molecule has 0 spiro atoms. The summed E-state index contributed by atoms with van der Waals surface area (Å²) in [5.41, 5.74) is 2.07. The fraction of sp³-hybridized carbons (Fsp3) is 0.375. The van der Waals surface area contributed by atoms with Crippen molar-refractivity contribution in [3.63, 3.8) is 0 Å². The molecule has 0 bridgehead atoms. The number of anilines is 2. The molecule has 0 amide bonds. The Morgan fingerprint density at radius 3 is 2.30 bits per heavy atom. The third-order valence-electron chi connectivity index (χ3n) is 3.19. The maximum absolute atomic E-state index is 4.70. The van der Waals surface area contributed by atoms with Crippen LogP contribution in [0.5, 0.6) is 0 Å². The van der Waals surface area contributed by atoms with Gasteiger partial charge in [-0.15, -0.1) is 0 Å². The van der Waals surface area contributed by atoms with E-state index in [1.165, 1.54) is 0 Å². The lowest BCUT2D eigenvalue weighted by atomic mass is 10.1. The summed E-state index contributed by atoms with van der Waals surface area (Å²) in [5, 5.41) is 3.28. The third kappa shape index (κ3) is 3.26. The Morgan fingerprint density at radius 2 is 1.70 bits per heavy atom. The van der Waals surface area contributed by atoms with Gasteiger partial charge < -0.3 is 10.2 Å². The monoisotopic (exact) mass is 270 g/mol. The zero-order chi connectivity index (χ0) is 14.4. The first-order valence-corrected chi connectivity index (χ1v) is 7.21. The Labute approximate surface area is 120 Å². The van der Waals surface area contributed by atoms with E-state index in [1.54, 1.807) is 0 Å². The van der Waals surface area contributed by atoms with Gasteiger partial charge in [0.05, 0.1) is 5.69 Å². The first kappa shape index (κ1) is 14.3. The van der Waals surface area contributed by atoms with E-state index in [2.05, 4.69) is 48.1 Å². The molecule has 4 nitrogen and oxygen atoms in total. The molecule has 106 valence electrons. The van der Waals surface area contributed by atoms with E-state index in [0.717, 1.165) is 42.7 Å². The van der Waals surface area contributed by atoms with Crippen molar-refractivity contribution in [1.29, 1.82) is 0 Å². The van der Waals surface area contributed by atoms with Crippen molar-refractivity contribution in [3.05, 3.63) is 36.4 Å². The van der Waals surface area contributed by atoms with Crippen LogP contribution in [-0.2, 0) is 0 Å². The number of hydrogen-bond acceptors (Lipinski definition) is 4. The number of nitrogens with one attached hydrogen (secondary N) is 1. The second kappa shape index (κ2) is 6.89. The molecule has 2 aromatic rings. The molecule has 0 fully saturated rings. The highest BCUT2D eigenvalue weighted by molar-refractivity contribution is 5.64. The Balaban J connectivity index is 2.46. The topological polar surface area (TPSA) is 41.1 Å². The molecule has 0 radical (unpaired) electrons. The van der Waals surface area contributed by atoms with Gasteiger partial charge in [0, 0.05) is 31.3 Å². The van der Waals surface area contributed by atoms with Crippen molar-refractivity contribution < 1.29 is 0 Å². The maximum Gasteiger partial charge on any atom is 0.227 e. The van der Waals surface area contributed by atoms with E-state index in [1.807, 2.05) is 24.3 Å². The van der Waals surface area contributed by atoms with Gasteiger partial charge in [0.25, 0.3) is 0 Å². The highest BCUT2D eigenvalue weighted by atomic mass is 15.3. The Morgan fingerprint density at radius 1 is 1.00 bits per heavy atom. The van der Waals surface area contributed by atoms with Gasteiger partial charge in [0.1, 0.15) is 5.82 Å². The van der Waals surface area contributed by atoms with Crippen molar-refractivity contribution in [3.8, 4) is 11.3 Å². The molecule has 1 aromatic heterocycles. The predicted molar refractivity (Wildman–Crippen MR) is 85.2 cm³/mol. The number of rotatable bonds is 6. The van der Waals surface area contributed by atoms with E-state index in [9.17, 15) is 0 Å². The summed E-state index contributed by atoms with van der Waals surface area (Å²) in [6.07, 6.45) is 0. The van der Waals surface area contributed by atoms with Gasteiger partial charge >= 0.3 is 0 Å². The summed E-state index contributed by atoms with van der Waals surface area (Å²) < 4.78 is 0.